The SMILES string of the molecule is N#Cc1ccc(-n2cncc2CCNC(=O)c2cccn(-c3cccc(Cl)c3)c2=O)cc1. The Morgan fingerprint density at radius 1 is 1.06 bits per heavy atom. The summed E-state index contributed by atoms with van der Waals surface area (Å²) >= 11 is 6.02. The van der Waals surface area contributed by atoms with Gasteiger partial charge in [0.25, 0.3) is 11.5 Å². The molecule has 158 valence electrons. The number of halogens is 1. The summed E-state index contributed by atoms with van der Waals surface area (Å²) in [4.78, 5) is 29.7. The molecule has 0 saturated carbocycles. The highest BCUT2D eigenvalue weighted by molar-refractivity contribution is 6.30. The highest BCUT2D eigenvalue weighted by Gasteiger charge is 2.13. The van der Waals surface area contributed by atoms with Crippen LogP contribution in [0.2, 0.25) is 5.02 Å². The Hall–Kier alpha value is -4.15. The predicted octanol–water partition coefficient (Wildman–Crippen LogP) is 3.52. The van der Waals surface area contributed by atoms with Gasteiger partial charge in [0.1, 0.15) is 5.56 Å². The molecule has 7 nitrogen and oxygen atoms in total. The summed E-state index contributed by atoms with van der Waals surface area (Å²) in [5, 5.41) is 12.3. The molecular weight excluding hydrogens is 426 g/mol. The van der Waals surface area contributed by atoms with E-state index in [2.05, 4.69) is 16.4 Å². The molecule has 2 aromatic carbocycles. The van der Waals surface area contributed by atoms with Crippen LogP contribution in [0.1, 0.15) is 21.6 Å². The van der Waals surface area contributed by atoms with Crippen molar-refractivity contribution in [3.05, 3.63) is 112 Å². The number of rotatable bonds is 6. The molecule has 0 bridgehead atoms. The van der Waals surface area contributed by atoms with Gasteiger partial charge < -0.3 is 9.88 Å². The third-order valence-corrected chi connectivity index (χ3v) is 5.17. The van der Waals surface area contributed by atoms with Crippen molar-refractivity contribution in [1.29, 1.82) is 5.26 Å². The number of hydrogen-bond acceptors (Lipinski definition) is 4. The van der Waals surface area contributed by atoms with Gasteiger partial charge in [0.05, 0.1) is 23.6 Å². The van der Waals surface area contributed by atoms with E-state index in [1.165, 1.54) is 10.6 Å². The Bertz CT molecular complexity index is 1370. The first kappa shape index (κ1) is 21.1. The predicted molar refractivity (Wildman–Crippen MR) is 121 cm³/mol. The van der Waals surface area contributed by atoms with Crippen LogP contribution in [0.3, 0.4) is 0 Å². The first-order valence-corrected chi connectivity index (χ1v) is 10.2. The summed E-state index contributed by atoms with van der Waals surface area (Å²) in [6, 6.07) is 19.3. The zero-order chi connectivity index (χ0) is 22.5. The molecule has 0 unspecified atom stereocenters. The number of nitrogens with zero attached hydrogens (tertiary/aromatic N) is 4. The van der Waals surface area contributed by atoms with Crippen LogP contribution in [0.4, 0.5) is 0 Å². The van der Waals surface area contributed by atoms with Gasteiger partial charge in [-0.05, 0) is 54.6 Å². The molecule has 0 aliphatic rings. The summed E-state index contributed by atoms with van der Waals surface area (Å²) in [5.41, 5.74) is 2.55. The molecule has 4 rings (SSSR count). The minimum absolute atomic E-state index is 0.0491. The summed E-state index contributed by atoms with van der Waals surface area (Å²) in [5.74, 6) is -0.448. The molecule has 1 amide bonds. The van der Waals surface area contributed by atoms with Crippen molar-refractivity contribution < 1.29 is 4.79 Å². The molecule has 4 aromatic rings. The maximum absolute atomic E-state index is 12.8. The normalized spacial score (nSPS) is 10.5. The van der Waals surface area contributed by atoms with Crippen molar-refractivity contribution in [2.45, 2.75) is 6.42 Å². The first-order chi connectivity index (χ1) is 15.6. The Labute approximate surface area is 189 Å². The first-order valence-electron chi connectivity index (χ1n) is 9.84. The van der Waals surface area contributed by atoms with E-state index < -0.39 is 11.5 Å². The monoisotopic (exact) mass is 443 g/mol. The zero-order valence-electron chi connectivity index (χ0n) is 16.9. The Morgan fingerprint density at radius 3 is 2.62 bits per heavy atom. The van der Waals surface area contributed by atoms with E-state index in [0.29, 0.717) is 29.2 Å². The zero-order valence-corrected chi connectivity index (χ0v) is 17.7. The van der Waals surface area contributed by atoms with Crippen molar-refractivity contribution in [3.63, 3.8) is 0 Å². The van der Waals surface area contributed by atoms with Crippen LogP contribution in [0.15, 0.2) is 84.2 Å². The maximum atomic E-state index is 12.8. The summed E-state index contributed by atoms with van der Waals surface area (Å²) in [6.07, 6.45) is 5.51. The van der Waals surface area contributed by atoms with Gasteiger partial charge in [-0.1, -0.05) is 17.7 Å². The Morgan fingerprint density at radius 2 is 1.88 bits per heavy atom. The van der Waals surface area contributed by atoms with E-state index in [0.717, 1.165) is 11.4 Å². The van der Waals surface area contributed by atoms with E-state index >= 15 is 0 Å². The second-order valence-corrected chi connectivity index (χ2v) is 7.43. The third-order valence-electron chi connectivity index (χ3n) is 4.93. The lowest BCUT2D eigenvalue weighted by Crippen LogP contribution is -2.33. The van der Waals surface area contributed by atoms with Gasteiger partial charge in [-0.3, -0.25) is 14.2 Å². The summed E-state index contributed by atoms with van der Waals surface area (Å²) in [7, 11) is 0. The average molecular weight is 444 g/mol. The minimum Gasteiger partial charge on any atom is -0.351 e. The summed E-state index contributed by atoms with van der Waals surface area (Å²) in [6.45, 7) is 0.326. The molecule has 2 heterocycles. The lowest BCUT2D eigenvalue weighted by molar-refractivity contribution is 0.0952. The number of nitrogens with one attached hydrogen (secondary N) is 1. The number of nitriles is 1. The highest BCUT2D eigenvalue weighted by atomic mass is 35.5. The van der Waals surface area contributed by atoms with Crippen molar-refractivity contribution in [2.24, 2.45) is 0 Å². The van der Waals surface area contributed by atoms with Crippen LogP contribution in [-0.4, -0.2) is 26.6 Å². The van der Waals surface area contributed by atoms with Crippen LogP contribution in [-0.2, 0) is 6.42 Å². The second-order valence-electron chi connectivity index (χ2n) is 7.00. The van der Waals surface area contributed by atoms with Gasteiger partial charge in [-0.2, -0.15) is 5.26 Å². The van der Waals surface area contributed by atoms with Gasteiger partial charge in [0.2, 0.25) is 0 Å². The molecule has 8 heteroatoms. The molecule has 2 aromatic heterocycles. The van der Waals surface area contributed by atoms with Gasteiger partial charge >= 0.3 is 0 Å². The maximum Gasteiger partial charge on any atom is 0.267 e. The number of amides is 1. The number of carbonyl (C=O) groups excluding carboxylic acids is 1. The largest absolute Gasteiger partial charge is 0.351 e. The fourth-order valence-electron chi connectivity index (χ4n) is 3.33. The van der Waals surface area contributed by atoms with E-state index in [-0.39, 0.29) is 5.56 Å². The number of aromatic nitrogens is 3. The van der Waals surface area contributed by atoms with Crippen molar-refractivity contribution >= 4 is 17.5 Å². The van der Waals surface area contributed by atoms with E-state index in [4.69, 9.17) is 16.9 Å². The highest BCUT2D eigenvalue weighted by Crippen LogP contribution is 2.14. The van der Waals surface area contributed by atoms with Crippen LogP contribution < -0.4 is 10.9 Å². The molecule has 0 spiro atoms. The average Bonchev–Trinajstić information content (AvgIpc) is 3.27. The van der Waals surface area contributed by atoms with E-state index in [9.17, 15) is 9.59 Å². The fraction of sp³-hybridized carbons (Fsp3) is 0.0833. The lowest BCUT2D eigenvalue weighted by Gasteiger charge is -2.10. The van der Waals surface area contributed by atoms with Crippen molar-refractivity contribution in [3.8, 4) is 17.4 Å². The standard InChI is InChI=1S/C24H18ClN5O2/c25-18-3-1-4-20(13-18)29-12-2-5-22(24(29)32)23(31)28-11-10-21-15-27-16-30(21)19-8-6-17(14-26)7-9-19/h1-9,12-13,15-16H,10-11H2,(H,28,31). The van der Waals surface area contributed by atoms with Crippen molar-refractivity contribution in [2.75, 3.05) is 6.54 Å². The van der Waals surface area contributed by atoms with Crippen LogP contribution >= 0.6 is 11.6 Å². The molecule has 1 N–H and O–H groups in total. The van der Waals surface area contributed by atoms with Gasteiger partial charge in [-0.15, -0.1) is 0 Å². The molecule has 0 fully saturated rings. The number of hydrogen-bond donors (Lipinski definition) is 1. The molecule has 0 saturated heterocycles. The molecule has 0 radical (unpaired) electrons. The van der Waals surface area contributed by atoms with E-state index in [1.54, 1.807) is 61.2 Å². The van der Waals surface area contributed by atoms with Crippen molar-refractivity contribution in [1.82, 2.24) is 19.4 Å². The number of pyridine rings is 1. The molecule has 32 heavy (non-hydrogen) atoms. The van der Waals surface area contributed by atoms with Gasteiger partial charge in [0.15, 0.2) is 0 Å². The number of benzene rings is 2. The molecule has 0 atom stereocenters. The second kappa shape index (κ2) is 9.33. The van der Waals surface area contributed by atoms with Crippen LogP contribution in [0.5, 0.6) is 0 Å². The topological polar surface area (TPSA) is 92.7 Å². The smallest absolute Gasteiger partial charge is 0.267 e. The lowest BCUT2D eigenvalue weighted by atomic mass is 10.2. The summed E-state index contributed by atoms with van der Waals surface area (Å²) < 4.78 is 3.28. The Kier molecular flexibility index (Phi) is 6.15. The quantitative estimate of drug-likeness (QED) is 0.493. The third kappa shape index (κ3) is 4.46. The molecular formula is C24H18ClN5O2. The van der Waals surface area contributed by atoms with Crippen LogP contribution in [0, 0.1) is 11.3 Å². The number of imidazole rings is 1. The minimum atomic E-state index is -0.448. The van der Waals surface area contributed by atoms with Gasteiger partial charge in [0, 0.05) is 41.8 Å². The fourth-order valence-corrected chi connectivity index (χ4v) is 3.52. The van der Waals surface area contributed by atoms with E-state index in [1.807, 2.05) is 16.7 Å². The number of carbonyl (C=O) groups is 1. The molecule has 0 aliphatic carbocycles. The van der Waals surface area contributed by atoms with Crippen LogP contribution in [0.25, 0.3) is 11.4 Å². The Balaban J connectivity index is 1.46. The van der Waals surface area contributed by atoms with Gasteiger partial charge in [-0.25, -0.2) is 4.98 Å². The molecule has 0 aliphatic heterocycles.